The number of nitrogens with zero attached hydrogens (tertiary/aromatic N) is 2. The third-order valence-corrected chi connectivity index (χ3v) is 2.59. The Kier molecular flexibility index (Phi) is 8.85. The van der Waals surface area contributed by atoms with Crippen LogP contribution < -0.4 is 5.32 Å². The highest BCUT2D eigenvalue weighted by molar-refractivity contribution is 7.07. The Labute approximate surface area is 103 Å². The highest BCUT2D eigenvalue weighted by atomic mass is 32.1. The standard InChI is InChI=1S/C4H9NO.2C3H3NS/c1-3-6-4-2-5-1;2*1-2-5-3-4-1/h5H,1-4H2;2*1-3H. The van der Waals surface area contributed by atoms with Gasteiger partial charge in [0.05, 0.1) is 24.2 Å². The molecule has 1 N–H and O–H groups in total. The van der Waals surface area contributed by atoms with Gasteiger partial charge in [0.1, 0.15) is 0 Å². The maximum absolute atomic E-state index is 5.01. The van der Waals surface area contributed by atoms with Crippen LogP contribution in [0.2, 0.25) is 0 Å². The van der Waals surface area contributed by atoms with Crippen molar-refractivity contribution in [3.05, 3.63) is 34.2 Å². The average Bonchev–Trinajstić information content (AvgIpc) is 3.10. The van der Waals surface area contributed by atoms with Crippen LogP contribution in [-0.2, 0) is 4.74 Å². The normalized spacial score (nSPS) is 14.0. The molecule has 1 aliphatic rings. The van der Waals surface area contributed by atoms with Crippen molar-refractivity contribution < 1.29 is 4.74 Å². The number of thiazole rings is 2. The molecule has 88 valence electrons. The Morgan fingerprint density at radius 3 is 1.62 bits per heavy atom. The first-order valence-corrected chi connectivity index (χ1v) is 6.81. The predicted octanol–water partition coefficient (Wildman–Crippen LogP) is 1.89. The van der Waals surface area contributed by atoms with E-state index >= 15 is 0 Å². The molecule has 0 radical (unpaired) electrons. The molecule has 3 rings (SSSR count). The molecule has 2 aromatic heterocycles. The molecule has 4 nitrogen and oxygen atoms in total. The Morgan fingerprint density at radius 1 is 0.938 bits per heavy atom. The fourth-order valence-corrected chi connectivity index (χ4v) is 1.57. The van der Waals surface area contributed by atoms with E-state index in [-0.39, 0.29) is 0 Å². The van der Waals surface area contributed by atoms with Crippen LogP contribution in [0.5, 0.6) is 0 Å². The van der Waals surface area contributed by atoms with E-state index < -0.39 is 0 Å². The van der Waals surface area contributed by atoms with E-state index in [0.717, 1.165) is 26.3 Å². The monoisotopic (exact) mass is 257 g/mol. The summed E-state index contributed by atoms with van der Waals surface area (Å²) in [6.45, 7) is 3.83. The molecule has 0 spiro atoms. The molecule has 0 aliphatic carbocycles. The molecule has 2 aromatic rings. The van der Waals surface area contributed by atoms with E-state index in [9.17, 15) is 0 Å². The van der Waals surface area contributed by atoms with Crippen LogP contribution in [0.25, 0.3) is 0 Å². The third-order valence-electron chi connectivity index (χ3n) is 1.54. The molecule has 1 saturated heterocycles. The zero-order valence-electron chi connectivity index (χ0n) is 8.91. The maximum atomic E-state index is 5.01. The molecule has 6 heteroatoms. The quantitative estimate of drug-likeness (QED) is 0.783. The summed E-state index contributed by atoms with van der Waals surface area (Å²) in [7, 11) is 0. The van der Waals surface area contributed by atoms with Crippen molar-refractivity contribution in [3.8, 4) is 0 Å². The summed E-state index contributed by atoms with van der Waals surface area (Å²) in [6, 6.07) is 0. The van der Waals surface area contributed by atoms with Gasteiger partial charge in [0, 0.05) is 36.2 Å². The average molecular weight is 257 g/mol. The second-order valence-corrected chi connectivity index (χ2v) is 4.22. The van der Waals surface area contributed by atoms with E-state index in [0.29, 0.717) is 0 Å². The number of morpholine rings is 1. The summed E-state index contributed by atoms with van der Waals surface area (Å²) < 4.78 is 5.01. The SMILES string of the molecule is C1COCCN1.c1cscn1.c1cscn1. The first kappa shape index (κ1) is 13.2. The van der Waals surface area contributed by atoms with Crippen molar-refractivity contribution in [1.29, 1.82) is 0 Å². The van der Waals surface area contributed by atoms with Gasteiger partial charge in [0.15, 0.2) is 0 Å². The van der Waals surface area contributed by atoms with Crippen molar-refractivity contribution >= 4 is 22.7 Å². The molecule has 3 heterocycles. The molecule has 1 aliphatic heterocycles. The lowest BCUT2D eigenvalue weighted by atomic mass is 10.5. The van der Waals surface area contributed by atoms with Crippen LogP contribution in [0.1, 0.15) is 0 Å². The molecule has 0 saturated carbocycles. The number of hydrogen-bond acceptors (Lipinski definition) is 6. The van der Waals surface area contributed by atoms with Crippen LogP contribution in [0.3, 0.4) is 0 Å². The fraction of sp³-hybridized carbons (Fsp3) is 0.400. The first-order chi connectivity index (χ1) is 8.00. The van der Waals surface area contributed by atoms with Gasteiger partial charge in [-0.15, -0.1) is 22.7 Å². The van der Waals surface area contributed by atoms with Crippen LogP contribution in [0, 0.1) is 0 Å². The Balaban J connectivity index is 0.000000121. The summed E-state index contributed by atoms with van der Waals surface area (Å²) in [5.74, 6) is 0. The minimum Gasteiger partial charge on any atom is -0.379 e. The Morgan fingerprint density at radius 2 is 1.50 bits per heavy atom. The number of hydrogen-bond donors (Lipinski definition) is 1. The number of nitrogens with one attached hydrogen (secondary N) is 1. The molecule has 0 bridgehead atoms. The topological polar surface area (TPSA) is 47.0 Å². The van der Waals surface area contributed by atoms with E-state index in [1.165, 1.54) is 0 Å². The minimum atomic E-state index is 0.889. The second kappa shape index (κ2) is 10.7. The lowest BCUT2D eigenvalue weighted by molar-refractivity contribution is 0.109. The van der Waals surface area contributed by atoms with Crippen LogP contribution >= 0.6 is 22.7 Å². The summed E-state index contributed by atoms with van der Waals surface area (Å²) in [5.41, 5.74) is 3.58. The highest BCUT2D eigenvalue weighted by Crippen LogP contribution is 1.86. The van der Waals surface area contributed by atoms with Gasteiger partial charge in [-0.2, -0.15) is 0 Å². The van der Waals surface area contributed by atoms with Crippen molar-refractivity contribution in [2.24, 2.45) is 0 Å². The van der Waals surface area contributed by atoms with Gasteiger partial charge >= 0.3 is 0 Å². The van der Waals surface area contributed by atoms with Crippen molar-refractivity contribution in [2.75, 3.05) is 26.3 Å². The second-order valence-electron chi connectivity index (χ2n) is 2.71. The summed E-state index contributed by atoms with van der Waals surface area (Å²) in [5, 5.41) is 7.02. The number of rotatable bonds is 0. The molecule has 0 atom stereocenters. The van der Waals surface area contributed by atoms with Crippen molar-refractivity contribution in [1.82, 2.24) is 15.3 Å². The van der Waals surface area contributed by atoms with Crippen LogP contribution in [0.4, 0.5) is 0 Å². The Hall–Kier alpha value is -0.820. The fourth-order valence-electron chi connectivity index (χ4n) is 0.867. The van der Waals surface area contributed by atoms with Gasteiger partial charge in [-0.25, -0.2) is 0 Å². The largest absolute Gasteiger partial charge is 0.379 e. The molecule has 16 heavy (non-hydrogen) atoms. The van der Waals surface area contributed by atoms with Gasteiger partial charge in [-0.05, 0) is 0 Å². The maximum Gasteiger partial charge on any atom is 0.0791 e. The van der Waals surface area contributed by atoms with Gasteiger partial charge in [0.2, 0.25) is 0 Å². The van der Waals surface area contributed by atoms with Crippen LogP contribution in [0.15, 0.2) is 34.2 Å². The lowest BCUT2D eigenvalue weighted by Gasteiger charge is -2.10. The van der Waals surface area contributed by atoms with E-state index in [1.807, 2.05) is 10.8 Å². The van der Waals surface area contributed by atoms with Crippen molar-refractivity contribution in [2.45, 2.75) is 0 Å². The van der Waals surface area contributed by atoms with E-state index in [1.54, 1.807) is 46.1 Å². The van der Waals surface area contributed by atoms with Crippen LogP contribution in [-0.4, -0.2) is 36.3 Å². The number of ether oxygens (including phenoxy) is 1. The minimum absolute atomic E-state index is 0.889. The Bertz CT molecular complexity index is 224. The molecule has 1 fully saturated rings. The summed E-state index contributed by atoms with van der Waals surface area (Å²) in [6.07, 6.45) is 3.54. The zero-order valence-corrected chi connectivity index (χ0v) is 10.5. The summed E-state index contributed by atoms with van der Waals surface area (Å²) >= 11 is 3.20. The third kappa shape index (κ3) is 8.49. The number of aromatic nitrogens is 2. The van der Waals surface area contributed by atoms with Crippen molar-refractivity contribution in [3.63, 3.8) is 0 Å². The van der Waals surface area contributed by atoms with Gasteiger partial charge < -0.3 is 10.1 Å². The molecule has 0 aromatic carbocycles. The predicted molar refractivity (Wildman–Crippen MR) is 67.9 cm³/mol. The van der Waals surface area contributed by atoms with Gasteiger partial charge in [0.25, 0.3) is 0 Å². The molecular weight excluding hydrogens is 242 g/mol. The highest BCUT2D eigenvalue weighted by Gasteiger charge is 1.92. The lowest BCUT2D eigenvalue weighted by Crippen LogP contribution is -2.30. The zero-order chi connectivity index (χ0) is 11.3. The smallest absolute Gasteiger partial charge is 0.0791 e. The van der Waals surface area contributed by atoms with Gasteiger partial charge in [-0.3, -0.25) is 9.97 Å². The first-order valence-electron chi connectivity index (χ1n) is 4.93. The molecule has 0 unspecified atom stereocenters. The summed E-state index contributed by atoms with van der Waals surface area (Å²) in [4.78, 5) is 7.48. The molecular formula is C10H15N3OS2. The van der Waals surface area contributed by atoms with E-state index in [2.05, 4.69) is 15.3 Å². The molecule has 0 amide bonds. The van der Waals surface area contributed by atoms with Gasteiger partial charge in [-0.1, -0.05) is 0 Å². The van der Waals surface area contributed by atoms with E-state index in [4.69, 9.17) is 4.74 Å².